The number of nitrogens with one attached hydrogen (secondary N) is 2. The second-order valence-electron chi connectivity index (χ2n) is 6.62. The summed E-state index contributed by atoms with van der Waals surface area (Å²) < 4.78 is 36.9. The molecule has 2 N–H and O–H groups in total. The first-order chi connectivity index (χ1) is 11.3. The fourth-order valence-electron chi connectivity index (χ4n) is 2.51. The molecule has 1 aliphatic rings. The number of aryl methyl sites for hydroxylation is 1. The van der Waals surface area contributed by atoms with E-state index in [0.717, 1.165) is 42.1 Å². The van der Waals surface area contributed by atoms with Crippen LogP contribution in [0.15, 0.2) is 12.1 Å². The molecule has 6 nitrogen and oxygen atoms in total. The summed E-state index contributed by atoms with van der Waals surface area (Å²) in [5, 5.41) is 3.01. The van der Waals surface area contributed by atoms with Crippen molar-refractivity contribution >= 4 is 15.7 Å². The van der Waals surface area contributed by atoms with Crippen molar-refractivity contribution in [2.24, 2.45) is 5.92 Å². The Hall–Kier alpha value is -1.47. The van der Waals surface area contributed by atoms with Crippen molar-refractivity contribution in [3.8, 4) is 11.5 Å². The van der Waals surface area contributed by atoms with Crippen LogP contribution < -0.4 is 19.5 Å². The van der Waals surface area contributed by atoms with Gasteiger partial charge in [-0.2, -0.15) is 0 Å². The zero-order chi connectivity index (χ0) is 17.7. The first-order valence-corrected chi connectivity index (χ1v) is 9.97. The third kappa shape index (κ3) is 5.01. The molecule has 136 valence electrons. The minimum atomic E-state index is -3.16. The van der Waals surface area contributed by atoms with E-state index >= 15 is 0 Å². The van der Waals surface area contributed by atoms with E-state index in [1.54, 1.807) is 13.8 Å². The summed E-state index contributed by atoms with van der Waals surface area (Å²) in [6.07, 6.45) is 1.80. The first kappa shape index (κ1) is 18.9. The van der Waals surface area contributed by atoms with Crippen molar-refractivity contribution in [3.63, 3.8) is 0 Å². The van der Waals surface area contributed by atoms with Crippen LogP contribution in [0.2, 0.25) is 0 Å². The van der Waals surface area contributed by atoms with Gasteiger partial charge in [0.2, 0.25) is 16.8 Å². The van der Waals surface area contributed by atoms with Crippen molar-refractivity contribution < 1.29 is 17.9 Å². The van der Waals surface area contributed by atoms with Gasteiger partial charge in [-0.1, -0.05) is 6.92 Å². The highest BCUT2D eigenvalue weighted by atomic mass is 32.2. The van der Waals surface area contributed by atoms with E-state index in [9.17, 15) is 8.42 Å². The number of ether oxygens (including phenoxy) is 2. The van der Waals surface area contributed by atoms with Gasteiger partial charge in [-0.15, -0.1) is 0 Å². The second-order valence-corrected chi connectivity index (χ2v) is 8.95. The third-order valence-electron chi connectivity index (χ3n) is 4.19. The third-order valence-corrected chi connectivity index (χ3v) is 6.03. The quantitative estimate of drug-likeness (QED) is 0.711. The summed E-state index contributed by atoms with van der Waals surface area (Å²) in [5.74, 6) is 2.04. The van der Waals surface area contributed by atoms with Gasteiger partial charge in [-0.05, 0) is 51.2 Å². The maximum absolute atomic E-state index is 11.7. The molecule has 1 heterocycles. The van der Waals surface area contributed by atoms with Crippen LogP contribution in [-0.4, -0.2) is 33.6 Å². The molecule has 1 aliphatic heterocycles. The molecular weight excluding hydrogens is 328 g/mol. The van der Waals surface area contributed by atoms with Crippen molar-refractivity contribution in [3.05, 3.63) is 17.7 Å². The second kappa shape index (κ2) is 8.07. The maximum Gasteiger partial charge on any atom is 0.231 e. The fourth-order valence-corrected chi connectivity index (χ4v) is 3.24. The summed E-state index contributed by atoms with van der Waals surface area (Å²) in [6, 6.07) is 4.01. The number of sulfonamides is 1. The summed E-state index contributed by atoms with van der Waals surface area (Å²) in [6.45, 7) is 9.11. The lowest BCUT2D eigenvalue weighted by molar-refractivity contribution is 0.173. The van der Waals surface area contributed by atoms with Gasteiger partial charge in [0, 0.05) is 24.8 Å². The van der Waals surface area contributed by atoms with Crippen LogP contribution in [0.1, 0.15) is 39.2 Å². The van der Waals surface area contributed by atoms with Crippen molar-refractivity contribution in [2.75, 3.05) is 25.2 Å². The average molecular weight is 356 g/mol. The van der Waals surface area contributed by atoms with Gasteiger partial charge in [0.1, 0.15) is 0 Å². The molecule has 1 aromatic carbocycles. The Morgan fingerprint density at radius 2 is 1.83 bits per heavy atom. The highest BCUT2D eigenvalue weighted by Crippen LogP contribution is 2.37. The Labute approximate surface area is 145 Å². The summed E-state index contributed by atoms with van der Waals surface area (Å²) in [4.78, 5) is 0. The molecule has 1 unspecified atom stereocenters. The van der Waals surface area contributed by atoms with Gasteiger partial charge in [-0.25, -0.2) is 13.1 Å². The van der Waals surface area contributed by atoms with Crippen molar-refractivity contribution in [2.45, 2.75) is 45.8 Å². The van der Waals surface area contributed by atoms with Crippen LogP contribution in [0.3, 0.4) is 0 Å². The van der Waals surface area contributed by atoms with Crippen LogP contribution in [0, 0.1) is 12.8 Å². The van der Waals surface area contributed by atoms with E-state index in [-0.39, 0.29) is 12.0 Å². The minimum Gasteiger partial charge on any atom is -0.454 e. The predicted molar refractivity (Wildman–Crippen MR) is 96.2 cm³/mol. The number of hydrogen-bond acceptors (Lipinski definition) is 5. The lowest BCUT2D eigenvalue weighted by Gasteiger charge is -2.15. The molecule has 0 aliphatic carbocycles. The monoisotopic (exact) mass is 356 g/mol. The van der Waals surface area contributed by atoms with E-state index in [4.69, 9.17) is 9.47 Å². The predicted octanol–water partition coefficient (Wildman–Crippen LogP) is 2.88. The average Bonchev–Trinajstić information content (AvgIpc) is 2.96. The van der Waals surface area contributed by atoms with Crippen LogP contribution in [0.4, 0.5) is 5.69 Å². The number of anilines is 1. The Bertz CT molecular complexity index is 659. The summed E-state index contributed by atoms with van der Waals surface area (Å²) in [7, 11) is -3.16. The lowest BCUT2D eigenvalue weighted by atomic mass is 10.0. The van der Waals surface area contributed by atoms with E-state index in [0.29, 0.717) is 12.5 Å². The molecular formula is C17H28N2O4S. The molecule has 0 aromatic heterocycles. The Balaban J connectivity index is 1.71. The van der Waals surface area contributed by atoms with Crippen LogP contribution in [-0.2, 0) is 10.0 Å². The highest BCUT2D eigenvalue weighted by molar-refractivity contribution is 7.90. The fraction of sp³-hybridized carbons (Fsp3) is 0.647. The van der Waals surface area contributed by atoms with Gasteiger partial charge in [-0.3, -0.25) is 0 Å². The summed E-state index contributed by atoms with van der Waals surface area (Å²) >= 11 is 0. The molecule has 0 bridgehead atoms. The molecule has 0 saturated carbocycles. The smallest absolute Gasteiger partial charge is 0.231 e. The Morgan fingerprint density at radius 1 is 1.12 bits per heavy atom. The Kier molecular flexibility index (Phi) is 6.34. The first-order valence-electron chi connectivity index (χ1n) is 8.42. The van der Waals surface area contributed by atoms with Gasteiger partial charge in [0.05, 0.1) is 5.25 Å². The molecule has 0 amide bonds. The van der Waals surface area contributed by atoms with Gasteiger partial charge in [0.15, 0.2) is 11.5 Å². The number of benzene rings is 1. The zero-order valence-electron chi connectivity index (χ0n) is 14.9. The van der Waals surface area contributed by atoms with Crippen molar-refractivity contribution in [1.82, 2.24) is 4.72 Å². The molecule has 1 atom stereocenters. The van der Waals surface area contributed by atoms with Gasteiger partial charge < -0.3 is 14.8 Å². The largest absolute Gasteiger partial charge is 0.454 e. The van der Waals surface area contributed by atoms with E-state index in [1.807, 2.05) is 13.0 Å². The number of hydrogen-bond donors (Lipinski definition) is 2. The van der Waals surface area contributed by atoms with E-state index < -0.39 is 10.0 Å². The number of rotatable bonds is 9. The molecule has 0 fully saturated rings. The minimum absolute atomic E-state index is 0.281. The molecule has 0 spiro atoms. The van der Waals surface area contributed by atoms with E-state index in [1.165, 1.54) is 0 Å². The molecule has 7 heteroatoms. The normalized spacial score (nSPS) is 14.9. The lowest BCUT2D eigenvalue weighted by Crippen LogP contribution is -2.32. The standard InChI is InChI=1S/C17H28N2O4S/c1-12(2)24(20,21)19-8-6-13(3)5-7-18-15-9-14(4)17-16(10-15)22-11-23-17/h9-10,12-13,18-19H,5-8,11H2,1-4H3. The molecule has 24 heavy (non-hydrogen) atoms. The maximum atomic E-state index is 11.7. The van der Waals surface area contributed by atoms with Crippen molar-refractivity contribution in [1.29, 1.82) is 0 Å². The summed E-state index contributed by atoms with van der Waals surface area (Å²) in [5.41, 5.74) is 2.08. The van der Waals surface area contributed by atoms with Crippen LogP contribution in [0.25, 0.3) is 0 Å². The SMILES string of the molecule is Cc1cc(NCCC(C)CCNS(=O)(=O)C(C)C)cc2c1OCO2. The van der Waals surface area contributed by atoms with Crippen LogP contribution in [0.5, 0.6) is 11.5 Å². The van der Waals surface area contributed by atoms with Gasteiger partial charge >= 0.3 is 0 Å². The Morgan fingerprint density at radius 3 is 2.54 bits per heavy atom. The molecule has 0 saturated heterocycles. The molecule has 0 radical (unpaired) electrons. The van der Waals surface area contributed by atoms with Crippen LogP contribution >= 0.6 is 0 Å². The molecule has 1 aromatic rings. The highest BCUT2D eigenvalue weighted by Gasteiger charge is 2.17. The molecule has 2 rings (SSSR count). The number of fused-ring (bicyclic) bond motifs is 1. The zero-order valence-corrected chi connectivity index (χ0v) is 15.7. The van der Waals surface area contributed by atoms with Gasteiger partial charge in [0.25, 0.3) is 0 Å². The topological polar surface area (TPSA) is 76.7 Å². The van der Waals surface area contributed by atoms with E-state index in [2.05, 4.69) is 23.0 Å².